The Morgan fingerprint density at radius 1 is 0.931 bits per heavy atom. The zero-order chi connectivity index (χ0) is 20.5. The number of halogens is 1. The number of nitrogens with zero attached hydrogens (tertiary/aromatic N) is 2. The number of esters is 1. The number of hydrogen-bond acceptors (Lipinski definition) is 5. The smallest absolute Gasteiger partial charge is 0.316 e. The van der Waals surface area contributed by atoms with Gasteiger partial charge in [0.15, 0.2) is 0 Å². The summed E-state index contributed by atoms with van der Waals surface area (Å²) in [6.07, 6.45) is 0.394. The van der Waals surface area contributed by atoms with E-state index < -0.39 is 11.9 Å². The number of anilines is 2. The first-order valence-corrected chi connectivity index (χ1v) is 9.53. The predicted octanol–water partition coefficient (Wildman–Crippen LogP) is 2.95. The second-order valence-electron chi connectivity index (χ2n) is 6.92. The highest BCUT2D eigenvalue weighted by atomic mass is 35.5. The van der Waals surface area contributed by atoms with Gasteiger partial charge in [0, 0.05) is 42.6 Å². The molecule has 0 radical (unpaired) electrons. The summed E-state index contributed by atoms with van der Waals surface area (Å²) in [5.74, 6) is -1.66. The maximum atomic E-state index is 12.6. The number of carbonyl (C=O) groups excluding carboxylic acids is 4. The van der Waals surface area contributed by atoms with Crippen LogP contribution in [0.2, 0.25) is 5.02 Å². The fourth-order valence-corrected chi connectivity index (χ4v) is 3.61. The first kappa shape index (κ1) is 19.1. The third kappa shape index (κ3) is 3.86. The lowest BCUT2D eigenvalue weighted by molar-refractivity contribution is -0.139. The lowest BCUT2D eigenvalue weighted by Crippen LogP contribution is -2.29. The van der Waals surface area contributed by atoms with Crippen LogP contribution in [-0.2, 0) is 19.2 Å². The van der Waals surface area contributed by atoms with E-state index >= 15 is 0 Å². The van der Waals surface area contributed by atoms with E-state index in [0.717, 1.165) is 4.90 Å². The van der Waals surface area contributed by atoms with Crippen LogP contribution in [0.25, 0.3) is 0 Å². The van der Waals surface area contributed by atoms with Crippen LogP contribution < -0.4 is 14.5 Å². The zero-order valence-corrected chi connectivity index (χ0v) is 16.1. The van der Waals surface area contributed by atoms with Gasteiger partial charge in [-0.05, 0) is 36.4 Å². The Balaban J connectivity index is 1.45. The molecule has 2 aliphatic rings. The fraction of sp³-hybridized carbons (Fsp3) is 0.238. The fourth-order valence-electron chi connectivity index (χ4n) is 3.49. The molecule has 7 nitrogen and oxygen atoms in total. The first-order valence-electron chi connectivity index (χ1n) is 9.16. The molecular weight excluding hydrogens is 396 g/mol. The topological polar surface area (TPSA) is 84.0 Å². The van der Waals surface area contributed by atoms with Crippen molar-refractivity contribution in [3.05, 3.63) is 53.6 Å². The van der Waals surface area contributed by atoms with Crippen LogP contribution in [-0.4, -0.2) is 30.2 Å². The van der Waals surface area contributed by atoms with Crippen LogP contribution in [0.4, 0.5) is 11.4 Å². The van der Waals surface area contributed by atoms with Crippen molar-refractivity contribution in [2.75, 3.05) is 16.3 Å². The van der Waals surface area contributed by atoms with Gasteiger partial charge in [-0.2, -0.15) is 0 Å². The second kappa shape index (κ2) is 7.67. The Hall–Kier alpha value is -3.19. The molecule has 1 atom stereocenters. The van der Waals surface area contributed by atoms with Gasteiger partial charge < -0.3 is 9.64 Å². The van der Waals surface area contributed by atoms with E-state index in [2.05, 4.69) is 0 Å². The van der Waals surface area contributed by atoms with Gasteiger partial charge in [-0.25, -0.2) is 0 Å². The van der Waals surface area contributed by atoms with Crippen molar-refractivity contribution in [2.24, 2.45) is 5.92 Å². The van der Waals surface area contributed by atoms with Gasteiger partial charge in [0.05, 0.1) is 11.6 Å². The van der Waals surface area contributed by atoms with Crippen molar-refractivity contribution in [1.82, 2.24) is 0 Å². The molecule has 0 spiro atoms. The van der Waals surface area contributed by atoms with Gasteiger partial charge in [-0.1, -0.05) is 17.7 Å². The minimum atomic E-state index is -0.614. The molecular formula is C21H17ClN2O5. The molecule has 0 bridgehead atoms. The van der Waals surface area contributed by atoms with Crippen molar-refractivity contribution in [3.63, 3.8) is 0 Å². The van der Waals surface area contributed by atoms with Gasteiger partial charge in [-0.3, -0.25) is 24.1 Å². The molecule has 2 aromatic rings. The lowest BCUT2D eigenvalue weighted by atomic mass is 10.1. The summed E-state index contributed by atoms with van der Waals surface area (Å²) in [7, 11) is 0. The van der Waals surface area contributed by atoms with Crippen LogP contribution in [0.1, 0.15) is 19.3 Å². The molecule has 8 heteroatoms. The quantitative estimate of drug-likeness (QED) is 0.438. The highest BCUT2D eigenvalue weighted by Gasteiger charge is 2.36. The Kier molecular flexibility index (Phi) is 5.07. The average Bonchev–Trinajstić information content (AvgIpc) is 3.25. The van der Waals surface area contributed by atoms with Crippen LogP contribution in [0, 0.1) is 5.92 Å². The molecule has 2 saturated heterocycles. The van der Waals surface area contributed by atoms with Crippen molar-refractivity contribution in [2.45, 2.75) is 19.3 Å². The first-order chi connectivity index (χ1) is 13.9. The van der Waals surface area contributed by atoms with E-state index in [-0.39, 0.29) is 49.3 Å². The number of hydrogen-bond donors (Lipinski definition) is 0. The summed E-state index contributed by atoms with van der Waals surface area (Å²) >= 11 is 5.88. The van der Waals surface area contributed by atoms with Crippen molar-refractivity contribution < 1.29 is 23.9 Å². The molecule has 148 valence electrons. The van der Waals surface area contributed by atoms with Crippen molar-refractivity contribution in [1.29, 1.82) is 0 Å². The van der Waals surface area contributed by atoms with Crippen molar-refractivity contribution >= 4 is 46.7 Å². The molecule has 0 N–H and O–H groups in total. The molecule has 2 aromatic carbocycles. The summed E-state index contributed by atoms with van der Waals surface area (Å²) in [6.45, 7) is 0.210. The summed E-state index contributed by atoms with van der Waals surface area (Å²) in [6, 6.07) is 13.1. The maximum Gasteiger partial charge on any atom is 0.316 e. The molecule has 3 amide bonds. The van der Waals surface area contributed by atoms with Gasteiger partial charge in [0.25, 0.3) is 0 Å². The minimum absolute atomic E-state index is 0.0459. The molecule has 2 aliphatic heterocycles. The molecule has 2 heterocycles. The third-order valence-corrected chi connectivity index (χ3v) is 5.19. The average molecular weight is 413 g/mol. The normalized spacial score (nSPS) is 19.2. The summed E-state index contributed by atoms with van der Waals surface area (Å²) < 4.78 is 5.43. The van der Waals surface area contributed by atoms with Gasteiger partial charge in [0.2, 0.25) is 17.7 Å². The van der Waals surface area contributed by atoms with Gasteiger partial charge in [-0.15, -0.1) is 0 Å². The molecule has 0 unspecified atom stereocenters. The Morgan fingerprint density at radius 2 is 1.62 bits per heavy atom. The standard InChI is InChI=1S/C21H17ClN2O5/c22-14-4-6-15(7-5-14)23-12-13(10-20(23)27)21(28)29-17-3-1-2-16(11-17)24-18(25)8-9-19(24)26/h1-7,11,13H,8-10,12H2/t13-/m1/s1. The number of amides is 3. The summed E-state index contributed by atoms with van der Waals surface area (Å²) in [5, 5.41) is 0.561. The molecule has 29 heavy (non-hydrogen) atoms. The Labute approximate surface area is 171 Å². The molecule has 0 aromatic heterocycles. The second-order valence-corrected chi connectivity index (χ2v) is 7.36. The van der Waals surface area contributed by atoms with Crippen LogP contribution >= 0.6 is 11.6 Å². The number of rotatable bonds is 4. The van der Waals surface area contributed by atoms with Crippen LogP contribution in [0.15, 0.2) is 48.5 Å². The van der Waals surface area contributed by atoms with E-state index in [1.165, 1.54) is 11.0 Å². The Morgan fingerprint density at radius 3 is 2.31 bits per heavy atom. The van der Waals surface area contributed by atoms with Crippen molar-refractivity contribution in [3.8, 4) is 5.75 Å². The van der Waals surface area contributed by atoms with E-state index in [1.807, 2.05) is 0 Å². The van der Waals surface area contributed by atoms with E-state index in [1.54, 1.807) is 42.5 Å². The SMILES string of the molecule is O=C(Oc1cccc(N2C(=O)CCC2=O)c1)[C@@H]1CC(=O)N(c2ccc(Cl)cc2)C1. The van der Waals surface area contributed by atoms with Gasteiger partial charge in [0.1, 0.15) is 5.75 Å². The molecule has 0 saturated carbocycles. The van der Waals surface area contributed by atoms with Gasteiger partial charge >= 0.3 is 5.97 Å². The number of ether oxygens (including phenoxy) is 1. The van der Waals surface area contributed by atoms with Crippen LogP contribution in [0.5, 0.6) is 5.75 Å². The maximum absolute atomic E-state index is 12.6. The lowest BCUT2D eigenvalue weighted by Gasteiger charge is -2.17. The van der Waals surface area contributed by atoms with Crippen LogP contribution in [0.3, 0.4) is 0 Å². The number of imide groups is 1. The molecule has 4 rings (SSSR count). The third-order valence-electron chi connectivity index (χ3n) is 4.94. The molecule has 0 aliphatic carbocycles. The number of benzene rings is 2. The summed E-state index contributed by atoms with van der Waals surface area (Å²) in [4.78, 5) is 51.3. The van der Waals surface area contributed by atoms with E-state index in [9.17, 15) is 19.2 Å². The van der Waals surface area contributed by atoms with E-state index in [0.29, 0.717) is 16.4 Å². The molecule has 2 fully saturated rings. The predicted molar refractivity (Wildman–Crippen MR) is 106 cm³/mol. The highest BCUT2D eigenvalue weighted by Crippen LogP contribution is 2.29. The number of carbonyl (C=O) groups is 4. The minimum Gasteiger partial charge on any atom is -0.426 e. The zero-order valence-electron chi connectivity index (χ0n) is 15.3. The largest absolute Gasteiger partial charge is 0.426 e. The Bertz CT molecular complexity index is 988. The highest BCUT2D eigenvalue weighted by molar-refractivity contribution is 6.30. The monoisotopic (exact) mass is 412 g/mol. The van der Waals surface area contributed by atoms with E-state index in [4.69, 9.17) is 16.3 Å². The summed E-state index contributed by atoms with van der Waals surface area (Å²) in [5.41, 5.74) is 1.04.